The van der Waals surface area contributed by atoms with Crippen LogP contribution in [0.5, 0.6) is 0 Å². The molecule has 0 spiro atoms. The van der Waals surface area contributed by atoms with Gasteiger partial charge in [0.15, 0.2) is 0 Å². The molecule has 3 saturated carbocycles. The smallest absolute Gasteiger partial charge is 0.306 e. The zero-order valence-electron chi connectivity index (χ0n) is 28.3. The molecule has 0 aliphatic heterocycles. The molecular weight excluding hydrogens is 502 g/mol. The van der Waals surface area contributed by atoms with E-state index < -0.39 is 0 Å². The molecule has 0 N–H and O–H groups in total. The van der Waals surface area contributed by atoms with E-state index in [1.165, 1.54) is 109 Å². The predicted octanol–water partition coefficient (Wildman–Crippen LogP) is 11.9. The third-order valence-corrected chi connectivity index (χ3v) is 13.0. The van der Waals surface area contributed by atoms with Gasteiger partial charge in [-0.1, -0.05) is 124 Å². The molecule has 0 saturated heterocycles. The number of allylic oxidation sites excluding steroid dienone is 1. The van der Waals surface area contributed by atoms with Gasteiger partial charge in [0.05, 0.1) is 0 Å². The monoisotopic (exact) mass is 571 g/mol. The van der Waals surface area contributed by atoms with Crippen molar-refractivity contribution in [1.82, 2.24) is 0 Å². The van der Waals surface area contributed by atoms with E-state index in [2.05, 4.69) is 47.6 Å². The van der Waals surface area contributed by atoms with Gasteiger partial charge in [-0.2, -0.15) is 0 Å². The fourth-order valence-electron chi connectivity index (χ4n) is 10.6. The average molecular weight is 571 g/mol. The fourth-order valence-corrected chi connectivity index (χ4v) is 10.6. The molecule has 236 valence electrons. The van der Waals surface area contributed by atoms with E-state index in [0.29, 0.717) is 17.3 Å². The number of carbonyl (C=O) groups excluding carboxylic acids is 1. The molecule has 8 atom stereocenters. The van der Waals surface area contributed by atoms with Crippen molar-refractivity contribution in [3.05, 3.63) is 11.6 Å². The summed E-state index contributed by atoms with van der Waals surface area (Å²) in [5.74, 6) is 5.34. The molecule has 0 aromatic carbocycles. The van der Waals surface area contributed by atoms with Crippen molar-refractivity contribution in [2.24, 2.45) is 46.3 Å². The van der Waals surface area contributed by atoms with Crippen LogP contribution >= 0.6 is 0 Å². The number of hydrogen-bond acceptors (Lipinski definition) is 2. The van der Waals surface area contributed by atoms with E-state index in [9.17, 15) is 4.79 Å². The maximum atomic E-state index is 12.7. The van der Waals surface area contributed by atoms with Gasteiger partial charge >= 0.3 is 5.97 Å². The van der Waals surface area contributed by atoms with Crippen LogP contribution in [-0.4, -0.2) is 12.1 Å². The molecule has 0 radical (unpaired) electrons. The second-order valence-corrected chi connectivity index (χ2v) is 16.2. The molecule has 0 aromatic rings. The van der Waals surface area contributed by atoms with Gasteiger partial charge in [0.1, 0.15) is 6.10 Å². The molecule has 41 heavy (non-hydrogen) atoms. The van der Waals surface area contributed by atoms with Crippen LogP contribution in [0.1, 0.15) is 176 Å². The predicted molar refractivity (Wildman–Crippen MR) is 175 cm³/mol. The van der Waals surface area contributed by atoms with Gasteiger partial charge in [0.25, 0.3) is 0 Å². The minimum absolute atomic E-state index is 0.0591. The van der Waals surface area contributed by atoms with Crippen LogP contribution in [0.4, 0.5) is 0 Å². The molecule has 4 aliphatic rings. The molecule has 4 rings (SSSR count). The Bertz CT molecular complexity index is 843. The minimum atomic E-state index is 0.0591. The topological polar surface area (TPSA) is 26.3 Å². The minimum Gasteiger partial charge on any atom is -0.462 e. The van der Waals surface area contributed by atoms with Crippen molar-refractivity contribution in [3.8, 4) is 0 Å². The summed E-state index contributed by atoms with van der Waals surface area (Å²) < 4.78 is 6.09. The van der Waals surface area contributed by atoms with E-state index in [1.807, 2.05) is 0 Å². The highest BCUT2D eigenvalue weighted by Gasteiger charge is 2.59. The van der Waals surface area contributed by atoms with Crippen LogP contribution in [0.2, 0.25) is 0 Å². The van der Waals surface area contributed by atoms with Gasteiger partial charge in [0.2, 0.25) is 0 Å². The summed E-state index contributed by atoms with van der Waals surface area (Å²) in [6.45, 7) is 14.9. The van der Waals surface area contributed by atoms with Crippen molar-refractivity contribution in [3.63, 3.8) is 0 Å². The number of esters is 1. The van der Waals surface area contributed by atoms with Gasteiger partial charge in [-0.25, -0.2) is 0 Å². The molecule has 0 unspecified atom stereocenters. The summed E-state index contributed by atoms with van der Waals surface area (Å²) in [4.78, 5) is 12.7. The molecule has 2 heteroatoms. The zero-order chi connectivity index (χ0) is 29.5. The van der Waals surface area contributed by atoms with Crippen molar-refractivity contribution in [2.45, 2.75) is 182 Å². The summed E-state index contributed by atoms with van der Waals surface area (Å²) in [5, 5.41) is 0. The van der Waals surface area contributed by atoms with Crippen LogP contribution in [0, 0.1) is 46.3 Å². The molecule has 0 aromatic heterocycles. The molecule has 4 aliphatic carbocycles. The second-order valence-electron chi connectivity index (χ2n) is 16.2. The zero-order valence-corrected chi connectivity index (χ0v) is 28.3. The number of ether oxygens (including phenoxy) is 1. The van der Waals surface area contributed by atoms with Crippen LogP contribution < -0.4 is 0 Å². The lowest BCUT2D eigenvalue weighted by molar-refractivity contribution is -0.151. The quantitative estimate of drug-likeness (QED) is 0.0798. The summed E-state index contributed by atoms with van der Waals surface area (Å²) in [5.41, 5.74) is 2.54. The number of fused-ring (bicyclic) bond motifs is 5. The fraction of sp³-hybridized carbons (Fsp3) is 0.923. The number of rotatable bonds is 16. The first-order valence-corrected chi connectivity index (χ1v) is 18.6. The Labute approximate surface area is 255 Å². The van der Waals surface area contributed by atoms with Crippen molar-refractivity contribution < 1.29 is 9.53 Å². The van der Waals surface area contributed by atoms with Crippen LogP contribution in [0.15, 0.2) is 11.6 Å². The highest BCUT2D eigenvalue weighted by atomic mass is 16.6. The number of hydrogen-bond donors (Lipinski definition) is 0. The van der Waals surface area contributed by atoms with Crippen molar-refractivity contribution in [1.29, 1.82) is 0 Å². The lowest BCUT2D eigenvalue weighted by Gasteiger charge is -2.58. The molecule has 2 nitrogen and oxygen atoms in total. The normalized spacial score (nSPS) is 35.4. The molecule has 0 bridgehead atoms. The lowest BCUT2D eigenvalue weighted by atomic mass is 9.48. The van der Waals surface area contributed by atoms with E-state index in [-0.39, 0.29) is 12.1 Å². The Hall–Kier alpha value is -0.790. The first-order chi connectivity index (χ1) is 19.7. The Morgan fingerprint density at radius 1 is 0.854 bits per heavy atom. The van der Waals surface area contributed by atoms with E-state index in [0.717, 1.165) is 54.8 Å². The van der Waals surface area contributed by atoms with Crippen molar-refractivity contribution in [2.75, 3.05) is 0 Å². The van der Waals surface area contributed by atoms with Gasteiger partial charge in [-0.05, 0) is 97.7 Å². The molecule has 3 fully saturated rings. The Kier molecular flexibility index (Phi) is 12.3. The molecular formula is C39H68O2. The van der Waals surface area contributed by atoms with Crippen molar-refractivity contribution >= 4 is 5.97 Å². The average Bonchev–Trinajstić information content (AvgIpc) is 3.29. The maximum absolute atomic E-state index is 12.7. The Morgan fingerprint density at radius 2 is 1.56 bits per heavy atom. The third-order valence-electron chi connectivity index (χ3n) is 13.0. The first kappa shape index (κ1) is 33.1. The number of unbranched alkanes of at least 4 members (excludes halogenated alkanes) is 8. The van der Waals surface area contributed by atoms with Gasteiger partial charge in [0, 0.05) is 12.8 Å². The number of carbonyl (C=O) groups is 1. The molecule has 0 heterocycles. The Morgan fingerprint density at radius 3 is 2.27 bits per heavy atom. The summed E-state index contributed by atoms with van der Waals surface area (Å²) in [7, 11) is 0. The summed E-state index contributed by atoms with van der Waals surface area (Å²) in [6.07, 6.45) is 29.6. The van der Waals surface area contributed by atoms with E-state index in [4.69, 9.17) is 4.74 Å². The van der Waals surface area contributed by atoms with Gasteiger partial charge < -0.3 is 4.74 Å². The Balaban J connectivity index is 1.24. The van der Waals surface area contributed by atoms with E-state index in [1.54, 1.807) is 5.57 Å². The standard InChI is InChI=1S/C39H68O2/c1-7-8-9-10-11-12-13-14-15-19-37(40)41-32-24-26-38(5)31(28-32)20-21-33-35-23-22-34(30(4)18-16-17-29(2)3)39(35,6)27-25-36(33)38/h20,29-30,32-36H,7-19,21-28H2,1-6H3/t30-,32+,33+,34-,35+,36+,38+,39-/m1/s1/i28+1,37+1. The highest BCUT2D eigenvalue weighted by molar-refractivity contribution is 5.69. The van der Waals surface area contributed by atoms with Gasteiger partial charge in [-0.3, -0.25) is 4.79 Å². The highest BCUT2D eigenvalue weighted by Crippen LogP contribution is 2.67. The summed E-state index contributed by atoms with van der Waals surface area (Å²) >= 11 is 0. The largest absolute Gasteiger partial charge is 0.462 e. The lowest BCUT2D eigenvalue weighted by Crippen LogP contribution is -2.51. The SMILES string of the molecule is CCCCCCCCCCC[13C](=O)O[C@H]1CC[C@@]2(C)C(=CC[C@H]3[C@@H]4CC[C@H]([C@H](C)CCCC(C)C)[C@@]4(C)CC[C@@H]32)[13CH2]1. The van der Waals surface area contributed by atoms with Crippen LogP contribution in [-0.2, 0) is 9.53 Å². The van der Waals surface area contributed by atoms with Crippen LogP contribution in [0.25, 0.3) is 0 Å². The maximum Gasteiger partial charge on any atom is 0.306 e. The third kappa shape index (κ3) is 8.03. The second kappa shape index (κ2) is 15.3. The van der Waals surface area contributed by atoms with Gasteiger partial charge in [-0.15, -0.1) is 0 Å². The molecule has 0 amide bonds. The first-order valence-electron chi connectivity index (χ1n) is 18.6. The van der Waals surface area contributed by atoms with Crippen LogP contribution in [0.3, 0.4) is 0 Å². The van der Waals surface area contributed by atoms with E-state index >= 15 is 0 Å². The summed E-state index contributed by atoms with van der Waals surface area (Å²) in [6, 6.07) is 0.